The number of nitrogens with zero attached hydrogens (tertiary/aromatic N) is 1. The standard InChI is InChI=1S/C11H10FN3O2S/c12-11-6-5-8(7-14-11)15-18(16,17)10-4-2-1-3-9(10)13/h1-7,15H,13H2. The van der Waals surface area contributed by atoms with Gasteiger partial charge in [-0.05, 0) is 24.3 Å². The summed E-state index contributed by atoms with van der Waals surface area (Å²) in [5.41, 5.74) is 5.89. The second-order valence-corrected chi connectivity index (χ2v) is 5.16. The fourth-order valence-electron chi connectivity index (χ4n) is 1.37. The van der Waals surface area contributed by atoms with Gasteiger partial charge in [-0.25, -0.2) is 13.4 Å². The summed E-state index contributed by atoms with van der Waals surface area (Å²) in [6, 6.07) is 8.40. The van der Waals surface area contributed by atoms with Crippen LogP contribution in [0.15, 0.2) is 47.5 Å². The molecule has 0 bridgehead atoms. The highest BCUT2D eigenvalue weighted by atomic mass is 32.2. The molecule has 0 saturated heterocycles. The monoisotopic (exact) mass is 267 g/mol. The molecule has 0 aliphatic rings. The van der Waals surface area contributed by atoms with Gasteiger partial charge < -0.3 is 5.73 Å². The van der Waals surface area contributed by atoms with Gasteiger partial charge in [0, 0.05) is 0 Å². The van der Waals surface area contributed by atoms with Gasteiger partial charge in [-0.2, -0.15) is 4.39 Å². The van der Waals surface area contributed by atoms with Crippen LogP contribution >= 0.6 is 0 Å². The first kappa shape index (κ1) is 12.3. The zero-order chi connectivity index (χ0) is 13.2. The number of nitrogens with one attached hydrogen (secondary N) is 1. The Kier molecular flexibility index (Phi) is 3.15. The highest BCUT2D eigenvalue weighted by Gasteiger charge is 2.16. The molecule has 7 heteroatoms. The van der Waals surface area contributed by atoms with Crippen molar-refractivity contribution in [3.63, 3.8) is 0 Å². The quantitative estimate of drug-likeness (QED) is 0.653. The molecule has 0 aliphatic carbocycles. The van der Waals surface area contributed by atoms with Gasteiger partial charge in [0.05, 0.1) is 17.6 Å². The molecule has 94 valence electrons. The molecule has 0 radical (unpaired) electrons. The SMILES string of the molecule is Nc1ccccc1S(=O)(=O)Nc1ccc(F)nc1. The number of nitrogen functional groups attached to an aromatic ring is 1. The van der Waals surface area contributed by atoms with Crippen LogP contribution in [0.2, 0.25) is 0 Å². The van der Waals surface area contributed by atoms with Crippen molar-refractivity contribution in [2.24, 2.45) is 0 Å². The van der Waals surface area contributed by atoms with Gasteiger partial charge in [0.25, 0.3) is 10.0 Å². The summed E-state index contributed by atoms with van der Waals surface area (Å²) >= 11 is 0. The topological polar surface area (TPSA) is 85.1 Å². The predicted octanol–water partition coefficient (Wildman–Crippen LogP) is 1.60. The summed E-state index contributed by atoms with van der Waals surface area (Å²) in [7, 11) is -3.79. The van der Waals surface area contributed by atoms with Gasteiger partial charge in [-0.15, -0.1) is 0 Å². The Morgan fingerprint density at radius 2 is 1.89 bits per heavy atom. The summed E-state index contributed by atoms with van der Waals surface area (Å²) in [6.45, 7) is 0. The molecule has 1 aromatic heterocycles. The molecule has 0 spiro atoms. The van der Waals surface area contributed by atoms with Crippen LogP contribution in [0.1, 0.15) is 0 Å². The minimum absolute atomic E-state index is 0.0330. The van der Waals surface area contributed by atoms with Crippen LogP contribution in [0.3, 0.4) is 0 Å². The maximum absolute atomic E-state index is 12.6. The lowest BCUT2D eigenvalue weighted by Crippen LogP contribution is -2.14. The summed E-state index contributed by atoms with van der Waals surface area (Å²) < 4.78 is 38.9. The lowest BCUT2D eigenvalue weighted by atomic mass is 10.3. The molecule has 5 nitrogen and oxygen atoms in total. The number of anilines is 2. The van der Waals surface area contributed by atoms with E-state index in [9.17, 15) is 12.8 Å². The number of pyridine rings is 1. The second-order valence-electron chi connectivity index (χ2n) is 3.51. The number of nitrogens with two attached hydrogens (primary N) is 1. The highest BCUT2D eigenvalue weighted by Crippen LogP contribution is 2.20. The van der Waals surface area contributed by atoms with Gasteiger partial charge in [0.15, 0.2) is 0 Å². The van der Waals surface area contributed by atoms with E-state index in [1.807, 2.05) is 0 Å². The number of aromatic nitrogens is 1. The Bertz CT molecular complexity index is 656. The molecule has 0 saturated carbocycles. The lowest BCUT2D eigenvalue weighted by molar-refractivity contribution is 0.583. The third-order valence-corrected chi connectivity index (χ3v) is 3.64. The maximum atomic E-state index is 12.6. The van der Waals surface area contributed by atoms with Gasteiger partial charge in [0.2, 0.25) is 5.95 Å². The van der Waals surface area contributed by atoms with E-state index < -0.39 is 16.0 Å². The summed E-state index contributed by atoms with van der Waals surface area (Å²) in [5.74, 6) is -0.683. The van der Waals surface area contributed by atoms with Crippen molar-refractivity contribution in [1.29, 1.82) is 0 Å². The van der Waals surface area contributed by atoms with E-state index in [-0.39, 0.29) is 16.3 Å². The Labute approximate surface area is 104 Å². The lowest BCUT2D eigenvalue weighted by Gasteiger charge is -2.09. The summed E-state index contributed by atoms with van der Waals surface area (Å²) in [6.07, 6.45) is 1.09. The van der Waals surface area contributed by atoms with Gasteiger partial charge in [0.1, 0.15) is 4.90 Å². The first-order valence-corrected chi connectivity index (χ1v) is 6.46. The minimum atomic E-state index is -3.79. The Morgan fingerprint density at radius 3 is 2.50 bits per heavy atom. The molecular formula is C11H10FN3O2S. The van der Waals surface area contributed by atoms with Crippen LogP contribution in [0.25, 0.3) is 0 Å². The molecular weight excluding hydrogens is 257 g/mol. The molecule has 1 heterocycles. The molecule has 0 amide bonds. The van der Waals surface area contributed by atoms with Gasteiger partial charge >= 0.3 is 0 Å². The highest BCUT2D eigenvalue weighted by molar-refractivity contribution is 7.92. The fraction of sp³-hybridized carbons (Fsp3) is 0. The van der Waals surface area contributed by atoms with Crippen molar-refractivity contribution in [1.82, 2.24) is 4.98 Å². The van der Waals surface area contributed by atoms with Crippen molar-refractivity contribution in [3.05, 3.63) is 48.5 Å². The Balaban J connectivity index is 2.33. The molecule has 0 aliphatic heterocycles. The molecule has 2 aromatic rings. The zero-order valence-electron chi connectivity index (χ0n) is 9.17. The van der Waals surface area contributed by atoms with Crippen molar-refractivity contribution in [2.75, 3.05) is 10.5 Å². The molecule has 1 aromatic carbocycles. The maximum Gasteiger partial charge on any atom is 0.263 e. The van der Waals surface area contributed by atoms with Crippen molar-refractivity contribution in [2.45, 2.75) is 4.90 Å². The third-order valence-electron chi connectivity index (χ3n) is 2.19. The number of rotatable bonds is 3. The van der Waals surface area contributed by atoms with E-state index in [0.717, 1.165) is 12.3 Å². The van der Waals surface area contributed by atoms with Crippen molar-refractivity contribution >= 4 is 21.4 Å². The van der Waals surface area contributed by atoms with E-state index in [0.29, 0.717) is 0 Å². The van der Waals surface area contributed by atoms with E-state index in [1.165, 1.54) is 18.2 Å². The zero-order valence-corrected chi connectivity index (χ0v) is 9.99. The van der Waals surface area contributed by atoms with Gasteiger partial charge in [-0.1, -0.05) is 12.1 Å². The van der Waals surface area contributed by atoms with E-state index in [1.54, 1.807) is 12.1 Å². The van der Waals surface area contributed by atoms with E-state index in [2.05, 4.69) is 9.71 Å². The molecule has 0 unspecified atom stereocenters. The number of para-hydroxylation sites is 1. The van der Waals surface area contributed by atoms with E-state index >= 15 is 0 Å². The molecule has 0 atom stereocenters. The van der Waals surface area contributed by atoms with Crippen LogP contribution in [0.4, 0.5) is 15.8 Å². The van der Waals surface area contributed by atoms with Crippen LogP contribution in [0, 0.1) is 5.95 Å². The van der Waals surface area contributed by atoms with Crippen LogP contribution in [-0.4, -0.2) is 13.4 Å². The van der Waals surface area contributed by atoms with Crippen LogP contribution < -0.4 is 10.5 Å². The Hall–Kier alpha value is -2.15. The molecule has 3 N–H and O–H groups in total. The number of benzene rings is 1. The van der Waals surface area contributed by atoms with Crippen molar-refractivity contribution in [3.8, 4) is 0 Å². The largest absolute Gasteiger partial charge is 0.398 e. The Morgan fingerprint density at radius 1 is 1.17 bits per heavy atom. The van der Waals surface area contributed by atoms with Gasteiger partial charge in [-0.3, -0.25) is 4.72 Å². The summed E-state index contributed by atoms with van der Waals surface area (Å²) in [4.78, 5) is 3.32. The van der Waals surface area contributed by atoms with Crippen LogP contribution in [0.5, 0.6) is 0 Å². The smallest absolute Gasteiger partial charge is 0.263 e. The minimum Gasteiger partial charge on any atom is -0.398 e. The average molecular weight is 267 g/mol. The molecule has 2 rings (SSSR count). The average Bonchev–Trinajstić information content (AvgIpc) is 2.32. The fourth-order valence-corrected chi connectivity index (χ4v) is 2.55. The third kappa shape index (κ3) is 2.57. The molecule has 0 fully saturated rings. The number of halogens is 1. The molecule has 18 heavy (non-hydrogen) atoms. The number of hydrogen-bond donors (Lipinski definition) is 2. The van der Waals surface area contributed by atoms with Crippen LogP contribution in [-0.2, 0) is 10.0 Å². The summed E-state index contributed by atoms with van der Waals surface area (Å²) in [5, 5.41) is 0. The first-order chi connectivity index (χ1) is 8.49. The predicted molar refractivity (Wildman–Crippen MR) is 65.9 cm³/mol. The first-order valence-electron chi connectivity index (χ1n) is 4.98. The number of sulfonamides is 1. The number of hydrogen-bond acceptors (Lipinski definition) is 4. The van der Waals surface area contributed by atoms with Crippen molar-refractivity contribution < 1.29 is 12.8 Å². The normalized spacial score (nSPS) is 11.2. The van der Waals surface area contributed by atoms with E-state index in [4.69, 9.17) is 5.73 Å². The second kappa shape index (κ2) is 4.61.